The zero-order valence-electron chi connectivity index (χ0n) is 18.4. The van der Waals surface area contributed by atoms with Crippen molar-refractivity contribution in [2.75, 3.05) is 5.32 Å². The number of amides is 1. The molecule has 0 aliphatic carbocycles. The molecule has 0 atom stereocenters. The second-order valence-corrected chi connectivity index (χ2v) is 7.71. The molecule has 4 heteroatoms. The zero-order valence-corrected chi connectivity index (χ0v) is 18.4. The van der Waals surface area contributed by atoms with Crippen LogP contribution in [0.5, 0.6) is 5.75 Å². The second-order valence-electron chi connectivity index (χ2n) is 7.71. The maximum absolute atomic E-state index is 12.5. The molecule has 0 saturated heterocycles. The maximum atomic E-state index is 12.5. The second kappa shape index (κ2) is 10.3. The third-order valence-electron chi connectivity index (χ3n) is 5.40. The van der Waals surface area contributed by atoms with E-state index < -0.39 is 5.91 Å². The van der Waals surface area contributed by atoms with Crippen molar-refractivity contribution >= 4 is 28.4 Å². The molecule has 0 radical (unpaired) electrons. The van der Waals surface area contributed by atoms with Crippen LogP contribution in [0.2, 0.25) is 0 Å². The summed E-state index contributed by atoms with van der Waals surface area (Å²) in [6.45, 7) is 2.53. The van der Waals surface area contributed by atoms with Gasteiger partial charge in [-0.3, -0.25) is 4.79 Å². The minimum absolute atomic E-state index is 0.0411. The lowest BCUT2D eigenvalue weighted by atomic mass is 10.1. The number of rotatable bonds is 7. The molecule has 1 amide bonds. The number of nitriles is 1. The van der Waals surface area contributed by atoms with Gasteiger partial charge in [0.2, 0.25) is 0 Å². The molecule has 0 aliphatic heterocycles. The minimum atomic E-state index is -0.432. The standard InChI is InChI=1S/C29H24N2O2/c1-2-21-8-13-27(14-9-21)31-29(32)26(19-30)17-22-10-15-28(16-11-22)33-20-23-7-12-24-5-3-4-6-25(24)18-23/h3-18H,2,20H2,1H3,(H,31,32)/b26-17+. The fourth-order valence-electron chi connectivity index (χ4n) is 3.49. The van der Waals surface area contributed by atoms with Gasteiger partial charge in [-0.25, -0.2) is 0 Å². The smallest absolute Gasteiger partial charge is 0.266 e. The van der Waals surface area contributed by atoms with Crippen LogP contribution in [0.3, 0.4) is 0 Å². The zero-order chi connectivity index (χ0) is 23.0. The number of carbonyl (C=O) groups is 1. The van der Waals surface area contributed by atoms with E-state index >= 15 is 0 Å². The number of ether oxygens (including phenoxy) is 1. The topological polar surface area (TPSA) is 62.1 Å². The molecule has 0 fully saturated rings. The van der Waals surface area contributed by atoms with Crippen LogP contribution < -0.4 is 10.1 Å². The van der Waals surface area contributed by atoms with Gasteiger partial charge in [0.1, 0.15) is 24.0 Å². The van der Waals surface area contributed by atoms with Crippen molar-refractivity contribution in [1.82, 2.24) is 0 Å². The highest BCUT2D eigenvalue weighted by Gasteiger charge is 2.10. The van der Waals surface area contributed by atoms with Gasteiger partial charge < -0.3 is 10.1 Å². The Morgan fingerprint density at radius 3 is 2.30 bits per heavy atom. The Morgan fingerprint density at radius 2 is 1.61 bits per heavy atom. The van der Waals surface area contributed by atoms with Crippen LogP contribution in [0.1, 0.15) is 23.6 Å². The Balaban J connectivity index is 1.39. The number of fused-ring (bicyclic) bond motifs is 1. The van der Waals surface area contributed by atoms with Gasteiger partial charge in [-0.1, -0.05) is 67.6 Å². The summed E-state index contributed by atoms with van der Waals surface area (Å²) in [7, 11) is 0. The summed E-state index contributed by atoms with van der Waals surface area (Å²) in [5.74, 6) is 0.290. The first kappa shape index (κ1) is 21.9. The van der Waals surface area contributed by atoms with E-state index in [9.17, 15) is 10.1 Å². The molecular formula is C29H24N2O2. The predicted molar refractivity (Wildman–Crippen MR) is 133 cm³/mol. The maximum Gasteiger partial charge on any atom is 0.266 e. The van der Waals surface area contributed by atoms with E-state index in [-0.39, 0.29) is 5.57 Å². The van der Waals surface area contributed by atoms with E-state index in [1.807, 2.05) is 66.7 Å². The Hall–Kier alpha value is -4.36. The summed E-state index contributed by atoms with van der Waals surface area (Å²) in [5, 5.41) is 14.6. The molecular weight excluding hydrogens is 408 g/mol. The van der Waals surface area contributed by atoms with Gasteiger partial charge in [0.15, 0.2) is 0 Å². The number of nitrogens with zero attached hydrogens (tertiary/aromatic N) is 1. The largest absolute Gasteiger partial charge is 0.489 e. The lowest BCUT2D eigenvalue weighted by Gasteiger charge is -2.08. The van der Waals surface area contributed by atoms with Gasteiger partial charge in [-0.15, -0.1) is 0 Å². The highest BCUT2D eigenvalue weighted by atomic mass is 16.5. The van der Waals surface area contributed by atoms with Crippen molar-refractivity contribution < 1.29 is 9.53 Å². The van der Waals surface area contributed by atoms with Crippen LogP contribution in [-0.2, 0) is 17.8 Å². The molecule has 0 spiro atoms. The molecule has 4 aromatic carbocycles. The SMILES string of the molecule is CCc1ccc(NC(=O)/C(C#N)=C/c2ccc(OCc3ccc4ccccc4c3)cc2)cc1. The van der Waals surface area contributed by atoms with Gasteiger partial charge >= 0.3 is 0 Å². The van der Waals surface area contributed by atoms with Crippen molar-refractivity contribution in [2.45, 2.75) is 20.0 Å². The number of nitrogens with one attached hydrogen (secondary N) is 1. The Labute approximate surface area is 193 Å². The van der Waals surface area contributed by atoms with Gasteiger partial charge in [-0.05, 0) is 70.3 Å². The lowest BCUT2D eigenvalue weighted by molar-refractivity contribution is -0.112. The number of anilines is 1. The van der Waals surface area contributed by atoms with Gasteiger partial charge in [0, 0.05) is 5.69 Å². The lowest BCUT2D eigenvalue weighted by Crippen LogP contribution is -2.13. The van der Waals surface area contributed by atoms with Crippen LogP contribution >= 0.6 is 0 Å². The van der Waals surface area contributed by atoms with E-state index in [4.69, 9.17) is 4.74 Å². The van der Waals surface area contributed by atoms with E-state index in [2.05, 4.69) is 42.6 Å². The first-order chi connectivity index (χ1) is 16.1. The highest BCUT2D eigenvalue weighted by molar-refractivity contribution is 6.09. The molecule has 4 rings (SSSR count). The quantitative estimate of drug-likeness (QED) is 0.267. The molecule has 162 valence electrons. The first-order valence-corrected chi connectivity index (χ1v) is 10.9. The number of benzene rings is 4. The minimum Gasteiger partial charge on any atom is -0.489 e. The summed E-state index contributed by atoms with van der Waals surface area (Å²) < 4.78 is 5.91. The Bertz CT molecular complexity index is 1330. The van der Waals surface area contributed by atoms with Crippen LogP contribution in [0.25, 0.3) is 16.8 Å². The van der Waals surface area contributed by atoms with Crippen molar-refractivity contribution in [1.29, 1.82) is 5.26 Å². The van der Waals surface area contributed by atoms with E-state index in [1.165, 1.54) is 16.3 Å². The first-order valence-electron chi connectivity index (χ1n) is 10.9. The molecule has 0 heterocycles. The van der Waals surface area contributed by atoms with Gasteiger partial charge in [-0.2, -0.15) is 5.26 Å². The molecule has 0 saturated carbocycles. The molecule has 0 bridgehead atoms. The molecule has 1 N–H and O–H groups in total. The summed E-state index contributed by atoms with van der Waals surface area (Å²) >= 11 is 0. The third kappa shape index (κ3) is 5.66. The van der Waals surface area contributed by atoms with E-state index in [1.54, 1.807) is 6.08 Å². The number of hydrogen-bond acceptors (Lipinski definition) is 3. The van der Waals surface area contributed by atoms with Crippen LogP contribution in [0, 0.1) is 11.3 Å². The summed E-state index contributed by atoms with van der Waals surface area (Å²) in [5.41, 5.74) is 3.73. The van der Waals surface area contributed by atoms with E-state index in [0.29, 0.717) is 12.3 Å². The molecule has 4 nitrogen and oxygen atoms in total. The summed E-state index contributed by atoms with van der Waals surface area (Å²) in [6, 6.07) is 31.4. The fourth-order valence-corrected chi connectivity index (χ4v) is 3.49. The Morgan fingerprint density at radius 1 is 0.909 bits per heavy atom. The molecule has 4 aromatic rings. The van der Waals surface area contributed by atoms with Gasteiger partial charge in [0.25, 0.3) is 5.91 Å². The fraction of sp³-hybridized carbons (Fsp3) is 0.103. The average molecular weight is 433 g/mol. The van der Waals surface area contributed by atoms with Crippen LogP contribution in [-0.4, -0.2) is 5.91 Å². The summed E-state index contributed by atoms with van der Waals surface area (Å²) in [4.78, 5) is 12.5. The van der Waals surface area contributed by atoms with Crippen LogP contribution in [0.15, 0.2) is 96.6 Å². The Kier molecular flexibility index (Phi) is 6.82. The normalized spacial score (nSPS) is 11.1. The monoisotopic (exact) mass is 432 g/mol. The van der Waals surface area contributed by atoms with Gasteiger partial charge in [0.05, 0.1) is 0 Å². The molecule has 0 unspecified atom stereocenters. The van der Waals surface area contributed by atoms with Crippen molar-refractivity contribution in [2.24, 2.45) is 0 Å². The number of aryl methyl sites for hydroxylation is 1. The predicted octanol–water partition coefficient (Wildman–Crippen LogP) is 6.53. The van der Waals surface area contributed by atoms with E-state index in [0.717, 1.165) is 23.3 Å². The molecule has 33 heavy (non-hydrogen) atoms. The summed E-state index contributed by atoms with van der Waals surface area (Å²) in [6.07, 6.45) is 2.50. The van der Waals surface area contributed by atoms with Crippen molar-refractivity contribution in [3.8, 4) is 11.8 Å². The highest BCUT2D eigenvalue weighted by Crippen LogP contribution is 2.20. The van der Waals surface area contributed by atoms with Crippen molar-refractivity contribution in [3.63, 3.8) is 0 Å². The molecule has 0 aliphatic rings. The van der Waals surface area contributed by atoms with Crippen molar-refractivity contribution in [3.05, 3.63) is 113 Å². The molecule has 0 aromatic heterocycles. The third-order valence-corrected chi connectivity index (χ3v) is 5.40. The van der Waals surface area contributed by atoms with Crippen LogP contribution in [0.4, 0.5) is 5.69 Å². The number of carbonyl (C=O) groups excluding carboxylic acids is 1. The average Bonchev–Trinajstić information content (AvgIpc) is 2.87. The number of hydrogen-bond donors (Lipinski definition) is 1.